The molecule has 0 unspecified atom stereocenters. The minimum absolute atomic E-state index is 0.246. The minimum atomic E-state index is -1.90. The van der Waals surface area contributed by atoms with Crippen LogP contribution in [0.25, 0.3) is 0 Å². The molecular weight excluding hydrogens is 350 g/mol. The number of rotatable bonds is 3. The van der Waals surface area contributed by atoms with E-state index in [9.17, 15) is 22.4 Å². The number of nitrogens with zero attached hydrogens (tertiary/aromatic N) is 1. The third kappa shape index (κ3) is 3.43. The van der Waals surface area contributed by atoms with Gasteiger partial charge in [0.1, 0.15) is 11.4 Å². The van der Waals surface area contributed by atoms with Crippen LogP contribution >= 0.6 is 12.2 Å². The van der Waals surface area contributed by atoms with E-state index >= 15 is 0 Å². The first-order valence-corrected chi connectivity index (χ1v) is 6.71. The fourth-order valence-corrected chi connectivity index (χ4v) is 1.94. The van der Waals surface area contributed by atoms with E-state index in [0.717, 1.165) is 7.11 Å². The molecule has 0 bridgehead atoms. The SMILES string of the molecule is COc1c(F)c(F)c(C(=O)NC(=S)Nc2ccccn2)c(F)c1F. The highest BCUT2D eigenvalue weighted by Crippen LogP contribution is 2.29. The monoisotopic (exact) mass is 359 g/mol. The maximum Gasteiger partial charge on any atom is 0.263 e. The Hall–Kier alpha value is -2.75. The summed E-state index contributed by atoms with van der Waals surface area (Å²) >= 11 is 4.77. The van der Waals surface area contributed by atoms with E-state index in [1.165, 1.54) is 12.3 Å². The summed E-state index contributed by atoms with van der Waals surface area (Å²) < 4.78 is 59.1. The molecule has 1 aromatic carbocycles. The molecule has 5 nitrogen and oxygen atoms in total. The van der Waals surface area contributed by atoms with E-state index in [1.54, 1.807) is 12.1 Å². The van der Waals surface area contributed by atoms with E-state index in [2.05, 4.69) is 15.0 Å². The van der Waals surface area contributed by atoms with Gasteiger partial charge in [-0.05, 0) is 24.4 Å². The number of thiocarbonyl (C=S) groups is 1. The molecule has 1 aromatic heterocycles. The molecule has 0 aliphatic carbocycles. The lowest BCUT2D eigenvalue weighted by Gasteiger charge is -2.12. The van der Waals surface area contributed by atoms with Gasteiger partial charge in [0.25, 0.3) is 5.91 Å². The number of carbonyl (C=O) groups excluding carboxylic acids is 1. The number of benzene rings is 1. The lowest BCUT2D eigenvalue weighted by atomic mass is 10.1. The third-order valence-electron chi connectivity index (χ3n) is 2.79. The van der Waals surface area contributed by atoms with Crippen LogP contribution in [0.4, 0.5) is 23.4 Å². The molecule has 0 fully saturated rings. The van der Waals surface area contributed by atoms with Gasteiger partial charge in [-0.25, -0.2) is 13.8 Å². The molecule has 2 N–H and O–H groups in total. The molecule has 0 atom stereocenters. The standard InChI is InChI=1S/C14H9F4N3O2S/c1-23-12-10(17)8(15)7(9(16)11(12)18)13(22)21-14(24)20-6-4-2-3-5-19-6/h2-5H,1H3,(H2,19,20,21,22,24). The Kier molecular flexibility index (Phi) is 5.29. The third-order valence-corrected chi connectivity index (χ3v) is 2.99. The second-order valence-corrected chi connectivity index (χ2v) is 4.70. The maximum atomic E-state index is 13.8. The van der Waals surface area contributed by atoms with Gasteiger partial charge in [0, 0.05) is 6.20 Å². The molecule has 0 radical (unpaired) electrons. The molecule has 1 heterocycles. The molecule has 0 aliphatic rings. The average Bonchev–Trinajstić information content (AvgIpc) is 2.54. The molecule has 126 valence electrons. The Morgan fingerprint density at radius 2 is 1.75 bits per heavy atom. The van der Waals surface area contributed by atoms with Crippen molar-refractivity contribution in [1.82, 2.24) is 10.3 Å². The van der Waals surface area contributed by atoms with E-state index < -0.39 is 40.5 Å². The predicted octanol–water partition coefficient (Wildman–Crippen LogP) is 2.77. The summed E-state index contributed by atoms with van der Waals surface area (Å²) in [6.45, 7) is 0. The zero-order valence-corrected chi connectivity index (χ0v) is 12.8. The van der Waals surface area contributed by atoms with Gasteiger partial charge in [0.05, 0.1) is 7.11 Å². The summed E-state index contributed by atoms with van der Waals surface area (Å²) in [5, 5.41) is 4.00. The quantitative estimate of drug-likeness (QED) is 0.501. The van der Waals surface area contributed by atoms with Gasteiger partial charge in [-0.2, -0.15) is 8.78 Å². The van der Waals surface area contributed by atoms with Crippen LogP contribution in [0.3, 0.4) is 0 Å². The number of ether oxygens (including phenoxy) is 1. The Labute approximate surface area is 138 Å². The van der Waals surface area contributed by atoms with Crippen LogP contribution in [0, 0.1) is 23.3 Å². The number of halogens is 4. The van der Waals surface area contributed by atoms with Crippen molar-refractivity contribution < 1.29 is 27.1 Å². The zero-order valence-electron chi connectivity index (χ0n) is 12.0. The van der Waals surface area contributed by atoms with Gasteiger partial charge < -0.3 is 10.1 Å². The summed E-state index contributed by atoms with van der Waals surface area (Å²) in [6.07, 6.45) is 1.43. The lowest BCUT2D eigenvalue weighted by Crippen LogP contribution is -2.35. The second kappa shape index (κ2) is 7.21. The number of nitrogens with one attached hydrogen (secondary N) is 2. The normalized spacial score (nSPS) is 10.2. The molecule has 1 amide bonds. The largest absolute Gasteiger partial charge is 0.491 e. The van der Waals surface area contributed by atoms with Gasteiger partial charge in [-0.15, -0.1) is 0 Å². The number of amides is 1. The van der Waals surface area contributed by atoms with E-state index in [0.29, 0.717) is 0 Å². The van der Waals surface area contributed by atoms with Gasteiger partial charge in [0.15, 0.2) is 22.5 Å². The average molecular weight is 359 g/mol. The molecular formula is C14H9F4N3O2S. The highest BCUT2D eigenvalue weighted by molar-refractivity contribution is 7.80. The van der Waals surface area contributed by atoms with Gasteiger partial charge in [-0.3, -0.25) is 10.1 Å². The van der Waals surface area contributed by atoms with Crippen molar-refractivity contribution in [2.75, 3.05) is 12.4 Å². The number of anilines is 1. The number of methoxy groups -OCH3 is 1. The molecule has 0 aliphatic heterocycles. The van der Waals surface area contributed by atoms with Crippen LogP contribution in [0.1, 0.15) is 10.4 Å². The number of aromatic nitrogens is 1. The molecule has 0 saturated carbocycles. The summed E-state index contributed by atoms with van der Waals surface area (Å²) in [4.78, 5) is 15.7. The van der Waals surface area contributed by atoms with Crippen LogP contribution in [-0.4, -0.2) is 23.1 Å². The molecule has 24 heavy (non-hydrogen) atoms. The Morgan fingerprint density at radius 3 is 2.25 bits per heavy atom. The predicted molar refractivity (Wildman–Crippen MR) is 80.7 cm³/mol. The van der Waals surface area contributed by atoms with Crippen LogP contribution in [-0.2, 0) is 0 Å². The number of hydrogen-bond acceptors (Lipinski definition) is 4. The van der Waals surface area contributed by atoms with E-state index in [1.807, 2.05) is 5.32 Å². The van der Waals surface area contributed by atoms with Crippen molar-refractivity contribution in [2.45, 2.75) is 0 Å². The molecule has 2 rings (SSSR count). The van der Waals surface area contributed by atoms with Crippen LogP contribution in [0.2, 0.25) is 0 Å². The number of pyridine rings is 1. The highest BCUT2D eigenvalue weighted by atomic mass is 32.1. The fourth-order valence-electron chi connectivity index (χ4n) is 1.74. The molecule has 10 heteroatoms. The first kappa shape index (κ1) is 17.6. The molecule has 0 saturated heterocycles. The van der Waals surface area contributed by atoms with Gasteiger partial charge in [-0.1, -0.05) is 6.07 Å². The number of carbonyl (C=O) groups is 1. The van der Waals surface area contributed by atoms with E-state index in [4.69, 9.17) is 12.2 Å². The van der Waals surface area contributed by atoms with E-state index in [-0.39, 0.29) is 10.9 Å². The zero-order chi connectivity index (χ0) is 17.9. The summed E-state index contributed by atoms with van der Waals surface area (Å²) in [5.41, 5.74) is -1.46. The molecule has 2 aromatic rings. The Balaban J connectivity index is 2.26. The summed E-state index contributed by atoms with van der Waals surface area (Å²) in [5.74, 6) is -9.95. The minimum Gasteiger partial charge on any atom is -0.491 e. The smallest absolute Gasteiger partial charge is 0.263 e. The van der Waals surface area contributed by atoms with Crippen LogP contribution in [0.5, 0.6) is 5.75 Å². The van der Waals surface area contributed by atoms with Crippen molar-refractivity contribution in [2.24, 2.45) is 0 Å². The second-order valence-electron chi connectivity index (χ2n) is 4.29. The highest BCUT2D eigenvalue weighted by Gasteiger charge is 2.30. The van der Waals surface area contributed by atoms with Crippen LogP contribution in [0.15, 0.2) is 24.4 Å². The Morgan fingerprint density at radius 1 is 1.12 bits per heavy atom. The number of hydrogen-bond donors (Lipinski definition) is 2. The molecule has 0 spiro atoms. The van der Waals surface area contributed by atoms with Gasteiger partial charge in [0.2, 0.25) is 11.6 Å². The van der Waals surface area contributed by atoms with Crippen molar-refractivity contribution in [1.29, 1.82) is 0 Å². The lowest BCUT2D eigenvalue weighted by molar-refractivity contribution is 0.0966. The first-order valence-electron chi connectivity index (χ1n) is 6.30. The summed E-state index contributed by atoms with van der Waals surface area (Å²) in [7, 11) is 0.825. The summed E-state index contributed by atoms with van der Waals surface area (Å²) in [6, 6.07) is 4.75. The topological polar surface area (TPSA) is 63.2 Å². The fraction of sp³-hybridized carbons (Fsp3) is 0.0714. The van der Waals surface area contributed by atoms with Crippen LogP contribution < -0.4 is 15.4 Å². The Bertz CT molecular complexity index is 773. The van der Waals surface area contributed by atoms with Gasteiger partial charge >= 0.3 is 0 Å². The van der Waals surface area contributed by atoms with Crippen molar-refractivity contribution in [3.63, 3.8) is 0 Å². The maximum absolute atomic E-state index is 13.8. The first-order chi connectivity index (χ1) is 11.4. The van der Waals surface area contributed by atoms with Crippen molar-refractivity contribution in [3.05, 3.63) is 53.2 Å². The van der Waals surface area contributed by atoms with Crippen molar-refractivity contribution >= 4 is 29.1 Å². The van der Waals surface area contributed by atoms with Crippen molar-refractivity contribution in [3.8, 4) is 5.75 Å².